The monoisotopic (exact) mass is 442 g/mol. The molecular weight excluding hydrogens is 416 g/mol. The molecule has 0 saturated heterocycles. The lowest BCUT2D eigenvalue weighted by Crippen LogP contribution is -2.34. The van der Waals surface area contributed by atoms with Crippen LogP contribution in [0.1, 0.15) is 42.1 Å². The number of rotatable bonds is 4. The number of pyridine rings is 1. The minimum Gasteiger partial charge on any atom is -0.496 e. The van der Waals surface area contributed by atoms with Gasteiger partial charge in [0.15, 0.2) is 0 Å². The number of benzene rings is 2. The topological polar surface area (TPSA) is 92.5 Å². The Balaban J connectivity index is 1.58. The maximum absolute atomic E-state index is 13.2. The summed E-state index contributed by atoms with van der Waals surface area (Å²) in [7, 11) is 1.61. The Labute approximate surface area is 191 Å². The number of nitrogens with one attached hydrogen (secondary N) is 1. The molecule has 33 heavy (non-hydrogen) atoms. The molecule has 4 aromatic rings. The van der Waals surface area contributed by atoms with Crippen molar-refractivity contribution in [1.29, 1.82) is 0 Å². The third kappa shape index (κ3) is 4.07. The summed E-state index contributed by atoms with van der Waals surface area (Å²) in [5, 5.41) is 10.7. The summed E-state index contributed by atoms with van der Waals surface area (Å²) in [5.74, 6) is 0.311. The van der Waals surface area contributed by atoms with Gasteiger partial charge in [-0.05, 0) is 49.2 Å². The summed E-state index contributed by atoms with van der Waals surface area (Å²) >= 11 is 0. The molecule has 0 aliphatic heterocycles. The Morgan fingerprint density at radius 3 is 2.76 bits per heavy atom. The van der Waals surface area contributed by atoms with Gasteiger partial charge in [-0.15, -0.1) is 0 Å². The summed E-state index contributed by atoms with van der Waals surface area (Å²) in [4.78, 5) is 25.4. The number of ether oxygens (including phenoxy) is 1. The van der Waals surface area contributed by atoms with Gasteiger partial charge in [-0.2, -0.15) is 4.99 Å². The SMILES string of the molecule is COc1ccccc1-c1cc(C(=O)/N=c2\[nH]c3ccccc3n2[C@@H]2CCCC[C@H]2O)ccn1. The number of fused-ring (bicyclic) bond motifs is 1. The van der Waals surface area contributed by atoms with Crippen LogP contribution in [0.5, 0.6) is 5.75 Å². The van der Waals surface area contributed by atoms with Crippen LogP contribution in [0.3, 0.4) is 0 Å². The van der Waals surface area contributed by atoms with Gasteiger partial charge in [-0.25, -0.2) is 0 Å². The highest BCUT2D eigenvalue weighted by Gasteiger charge is 2.27. The van der Waals surface area contributed by atoms with Crippen LogP contribution in [-0.2, 0) is 0 Å². The van der Waals surface area contributed by atoms with Crippen LogP contribution >= 0.6 is 0 Å². The molecule has 1 aliphatic rings. The van der Waals surface area contributed by atoms with Gasteiger partial charge in [-0.3, -0.25) is 9.78 Å². The lowest BCUT2D eigenvalue weighted by atomic mass is 9.92. The van der Waals surface area contributed by atoms with Crippen molar-refractivity contribution in [3.63, 3.8) is 0 Å². The lowest BCUT2D eigenvalue weighted by molar-refractivity contribution is 0.0750. The Morgan fingerprint density at radius 1 is 1.12 bits per heavy atom. The van der Waals surface area contributed by atoms with Crippen molar-refractivity contribution in [2.45, 2.75) is 37.8 Å². The zero-order valence-corrected chi connectivity index (χ0v) is 18.4. The fraction of sp³-hybridized carbons (Fsp3) is 0.269. The van der Waals surface area contributed by atoms with E-state index in [1.807, 2.05) is 53.1 Å². The predicted molar refractivity (Wildman–Crippen MR) is 126 cm³/mol. The number of carbonyl (C=O) groups excluding carboxylic acids is 1. The van der Waals surface area contributed by atoms with E-state index in [1.54, 1.807) is 25.4 Å². The van der Waals surface area contributed by atoms with Gasteiger partial charge in [0.1, 0.15) is 5.75 Å². The molecule has 0 unspecified atom stereocenters. The zero-order chi connectivity index (χ0) is 22.8. The van der Waals surface area contributed by atoms with Gasteiger partial charge in [-0.1, -0.05) is 37.1 Å². The highest BCUT2D eigenvalue weighted by atomic mass is 16.5. The van der Waals surface area contributed by atoms with Gasteiger partial charge in [0.05, 0.1) is 36.0 Å². The van der Waals surface area contributed by atoms with Crippen molar-refractivity contribution in [2.24, 2.45) is 4.99 Å². The zero-order valence-electron chi connectivity index (χ0n) is 18.4. The summed E-state index contributed by atoms with van der Waals surface area (Å²) in [6.07, 6.45) is 4.77. The Bertz CT molecular complexity index is 1370. The summed E-state index contributed by atoms with van der Waals surface area (Å²) in [6.45, 7) is 0. The van der Waals surface area contributed by atoms with Crippen molar-refractivity contribution in [3.8, 4) is 17.0 Å². The number of aromatic amines is 1. The number of aromatic nitrogens is 3. The number of nitrogens with zero attached hydrogens (tertiary/aromatic N) is 3. The van der Waals surface area contributed by atoms with Crippen molar-refractivity contribution < 1.29 is 14.6 Å². The average Bonchev–Trinajstić information content (AvgIpc) is 3.22. The molecule has 0 radical (unpaired) electrons. The van der Waals surface area contributed by atoms with Gasteiger partial charge >= 0.3 is 0 Å². The van der Waals surface area contributed by atoms with Crippen LogP contribution in [0.25, 0.3) is 22.3 Å². The molecule has 2 atom stereocenters. The van der Waals surface area contributed by atoms with Crippen LogP contribution in [0, 0.1) is 0 Å². The first kappa shape index (κ1) is 21.2. The van der Waals surface area contributed by atoms with E-state index in [2.05, 4.69) is 15.0 Å². The number of methoxy groups -OCH3 is 1. The second kappa shape index (κ2) is 9.03. The van der Waals surface area contributed by atoms with E-state index < -0.39 is 6.10 Å². The average molecular weight is 443 g/mol. The van der Waals surface area contributed by atoms with Crippen molar-refractivity contribution in [3.05, 3.63) is 78.0 Å². The molecule has 1 fully saturated rings. The van der Waals surface area contributed by atoms with Crippen LogP contribution < -0.4 is 10.4 Å². The Hall–Kier alpha value is -3.71. The number of hydrogen-bond donors (Lipinski definition) is 2. The quantitative estimate of drug-likeness (QED) is 0.494. The molecular formula is C26H26N4O3. The highest BCUT2D eigenvalue weighted by molar-refractivity contribution is 5.96. The number of aliphatic hydroxyl groups is 1. The number of H-pyrrole nitrogens is 1. The third-order valence-electron chi connectivity index (χ3n) is 6.26. The number of para-hydroxylation sites is 3. The maximum atomic E-state index is 13.2. The van der Waals surface area contributed by atoms with E-state index in [0.29, 0.717) is 22.6 Å². The molecule has 2 heterocycles. The van der Waals surface area contributed by atoms with E-state index in [-0.39, 0.29) is 11.9 Å². The van der Waals surface area contributed by atoms with E-state index in [4.69, 9.17) is 4.74 Å². The number of carbonyl (C=O) groups is 1. The second-order valence-corrected chi connectivity index (χ2v) is 8.30. The van der Waals surface area contributed by atoms with Gasteiger partial charge in [0.25, 0.3) is 5.91 Å². The molecule has 1 amide bonds. The number of amides is 1. The van der Waals surface area contributed by atoms with Gasteiger partial charge in [0, 0.05) is 17.3 Å². The smallest absolute Gasteiger partial charge is 0.280 e. The number of aliphatic hydroxyl groups excluding tert-OH is 1. The van der Waals surface area contributed by atoms with Crippen molar-refractivity contribution in [2.75, 3.05) is 7.11 Å². The van der Waals surface area contributed by atoms with E-state index in [9.17, 15) is 9.90 Å². The van der Waals surface area contributed by atoms with E-state index in [1.165, 1.54) is 0 Å². The van der Waals surface area contributed by atoms with Crippen LogP contribution in [0.2, 0.25) is 0 Å². The summed E-state index contributed by atoms with van der Waals surface area (Å²) in [5.41, 5.74) is 4.13. The Morgan fingerprint density at radius 2 is 1.91 bits per heavy atom. The summed E-state index contributed by atoms with van der Waals surface area (Å²) in [6, 6.07) is 18.7. The first-order valence-corrected chi connectivity index (χ1v) is 11.2. The highest BCUT2D eigenvalue weighted by Crippen LogP contribution is 2.30. The first-order chi connectivity index (χ1) is 16.2. The standard InChI is InChI=1S/C26H26N4O3/c1-33-24-13-7-2-8-18(24)20-16-17(14-15-27-20)25(32)29-26-28-19-9-3-4-10-21(19)30(26)22-11-5-6-12-23(22)31/h2-4,7-10,13-16,22-23,31H,5-6,11-12H2,1H3,(H,28,29,32)/t22-,23-/m1/s1. The fourth-order valence-corrected chi connectivity index (χ4v) is 4.62. The normalized spacial score (nSPS) is 19.0. The van der Waals surface area contributed by atoms with Gasteiger partial charge in [0.2, 0.25) is 5.62 Å². The third-order valence-corrected chi connectivity index (χ3v) is 6.26. The lowest BCUT2D eigenvalue weighted by Gasteiger charge is -2.29. The predicted octanol–water partition coefficient (Wildman–Crippen LogP) is 4.26. The number of imidazole rings is 1. The molecule has 0 spiro atoms. The first-order valence-electron chi connectivity index (χ1n) is 11.2. The Kier molecular flexibility index (Phi) is 5.79. The van der Waals surface area contributed by atoms with Crippen LogP contribution in [-0.4, -0.2) is 38.8 Å². The molecule has 7 nitrogen and oxygen atoms in total. The van der Waals surface area contributed by atoms with E-state index in [0.717, 1.165) is 42.3 Å². The second-order valence-electron chi connectivity index (χ2n) is 8.30. The molecule has 5 rings (SSSR count). The fourth-order valence-electron chi connectivity index (χ4n) is 4.62. The molecule has 1 saturated carbocycles. The largest absolute Gasteiger partial charge is 0.496 e. The van der Waals surface area contributed by atoms with Crippen LogP contribution in [0.4, 0.5) is 0 Å². The summed E-state index contributed by atoms with van der Waals surface area (Å²) < 4.78 is 7.43. The number of hydrogen-bond acceptors (Lipinski definition) is 4. The maximum Gasteiger partial charge on any atom is 0.280 e. The van der Waals surface area contributed by atoms with Crippen LogP contribution in [0.15, 0.2) is 71.9 Å². The molecule has 2 aromatic carbocycles. The van der Waals surface area contributed by atoms with E-state index >= 15 is 0 Å². The minimum absolute atomic E-state index is 0.122. The molecule has 7 heteroatoms. The van der Waals surface area contributed by atoms with Gasteiger partial charge < -0.3 is 19.4 Å². The molecule has 0 bridgehead atoms. The molecule has 168 valence electrons. The van der Waals surface area contributed by atoms with Crippen molar-refractivity contribution >= 4 is 16.9 Å². The van der Waals surface area contributed by atoms with Crippen molar-refractivity contribution in [1.82, 2.24) is 14.5 Å². The minimum atomic E-state index is -0.468. The molecule has 2 aromatic heterocycles. The molecule has 1 aliphatic carbocycles. The molecule has 2 N–H and O–H groups in total.